The van der Waals surface area contributed by atoms with Crippen molar-refractivity contribution in [2.24, 2.45) is 5.73 Å². The lowest BCUT2D eigenvalue weighted by Gasteiger charge is -2.09. The largest absolute Gasteiger partial charge is 0.324 e. The highest BCUT2D eigenvalue weighted by molar-refractivity contribution is 9.10. The Morgan fingerprint density at radius 3 is 2.50 bits per heavy atom. The van der Waals surface area contributed by atoms with E-state index in [0.717, 1.165) is 15.8 Å². The molecule has 0 fully saturated rings. The maximum atomic E-state index is 5.87. The van der Waals surface area contributed by atoms with Gasteiger partial charge in [-0.2, -0.15) is 0 Å². The van der Waals surface area contributed by atoms with Crippen molar-refractivity contribution >= 4 is 27.7 Å². The van der Waals surface area contributed by atoms with E-state index in [0.29, 0.717) is 0 Å². The van der Waals surface area contributed by atoms with Crippen LogP contribution in [-0.4, -0.2) is 0 Å². The molecule has 1 unspecified atom stereocenters. The molecular weight excluding hydrogens is 306 g/mol. The molecule has 2 rings (SSSR count). The molecular formula is C15H16BrNS. The summed E-state index contributed by atoms with van der Waals surface area (Å²) in [5.41, 5.74) is 8.37. The summed E-state index contributed by atoms with van der Waals surface area (Å²) < 4.78 is 1.12. The molecule has 94 valence electrons. The molecule has 2 aromatic carbocycles. The SMILES string of the molecule is CC(N)c1ccc(SCc2ccccc2)c(Br)c1. The second-order valence-corrected chi connectivity index (χ2v) is 6.12. The van der Waals surface area contributed by atoms with Crippen molar-refractivity contribution in [2.75, 3.05) is 0 Å². The minimum absolute atomic E-state index is 0.0782. The predicted molar refractivity (Wildman–Crippen MR) is 82.7 cm³/mol. The van der Waals surface area contributed by atoms with Crippen molar-refractivity contribution in [1.82, 2.24) is 0 Å². The first kappa shape index (κ1) is 13.7. The fraction of sp³-hybridized carbons (Fsp3) is 0.200. The van der Waals surface area contributed by atoms with E-state index in [9.17, 15) is 0 Å². The molecule has 0 aromatic heterocycles. The minimum Gasteiger partial charge on any atom is -0.324 e. The molecule has 1 nitrogen and oxygen atoms in total. The zero-order valence-corrected chi connectivity index (χ0v) is 12.7. The summed E-state index contributed by atoms with van der Waals surface area (Å²) in [7, 11) is 0. The smallest absolute Gasteiger partial charge is 0.0314 e. The molecule has 0 radical (unpaired) electrons. The lowest BCUT2D eigenvalue weighted by molar-refractivity contribution is 0.815. The van der Waals surface area contributed by atoms with Crippen LogP contribution in [0.1, 0.15) is 24.1 Å². The third-order valence-electron chi connectivity index (χ3n) is 2.72. The van der Waals surface area contributed by atoms with Crippen LogP contribution in [0, 0.1) is 0 Å². The Kier molecular flexibility index (Phi) is 4.87. The summed E-state index contributed by atoms with van der Waals surface area (Å²) in [6.45, 7) is 2.00. The van der Waals surface area contributed by atoms with Crippen molar-refractivity contribution < 1.29 is 0 Å². The Bertz CT molecular complexity index is 511. The van der Waals surface area contributed by atoms with Gasteiger partial charge in [-0.3, -0.25) is 0 Å². The average molecular weight is 322 g/mol. The third-order valence-corrected chi connectivity index (χ3v) is 4.78. The summed E-state index contributed by atoms with van der Waals surface area (Å²) in [6.07, 6.45) is 0. The van der Waals surface area contributed by atoms with E-state index in [-0.39, 0.29) is 6.04 Å². The van der Waals surface area contributed by atoms with Crippen LogP contribution in [0.2, 0.25) is 0 Å². The number of benzene rings is 2. The molecule has 0 aliphatic rings. The van der Waals surface area contributed by atoms with Crippen LogP contribution in [0.3, 0.4) is 0 Å². The Labute approximate surface area is 121 Å². The normalized spacial score (nSPS) is 12.4. The van der Waals surface area contributed by atoms with E-state index in [2.05, 4.69) is 58.4 Å². The predicted octanol–water partition coefficient (Wildman–Crippen LogP) is 4.76. The van der Waals surface area contributed by atoms with Gasteiger partial charge in [-0.1, -0.05) is 36.4 Å². The standard InChI is InChI=1S/C15H16BrNS/c1-11(17)13-7-8-15(14(16)9-13)18-10-12-5-3-2-4-6-12/h2-9,11H,10,17H2,1H3. The highest BCUT2D eigenvalue weighted by Gasteiger charge is 2.05. The lowest BCUT2D eigenvalue weighted by atomic mass is 10.1. The van der Waals surface area contributed by atoms with Crippen molar-refractivity contribution in [1.29, 1.82) is 0 Å². The molecule has 0 amide bonds. The maximum absolute atomic E-state index is 5.87. The van der Waals surface area contributed by atoms with E-state index in [4.69, 9.17) is 5.73 Å². The van der Waals surface area contributed by atoms with Gasteiger partial charge in [-0.25, -0.2) is 0 Å². The van der Waals surface area contributed by atoms with E-state index in [1.54, 1.807) is 0 Å². The summed E-state index contributed by atoms with van der Waals surface area (Å²) in [5.74, 6) is 0.983. The van der Waals surface area contributed by atoms with Gasteiger partial charge in [0.15, 0.2) is 0 Å². The fourth-order valence-corrected chi connectivity index (χ4v) is 3.27. The molecule has 0 saturated heterocycles. The number of thioether (sulfide) groups is 1. The summed E-state index contributed by atoms with van der Waals surface area (Å²) >= 11 is 5.45. The summed E-state index contributed by atoms with van der Waals surface area (Å²) in [5, 5.41) is 0. The van der Waals surface area contributed by atoms with Crippen molar-refractivity contribution in [3.8, 4) is 0 Å². The van der Waals surface area contributed by atoms with Crippen LogP contribution in [0.15, 0.2) is 57.9 Å². The van der Waals surface area contributed by atoms with Crippen LogP contribution in [0.5, 0.6) is 0 Å². The number of rotatable bonds is 4. The van der Waals surface area contributed by atoms with Gasteiger partial charge in [-0.05, 0) is 46.1 Å². The van der Waals surface area contributed by atoms with Crippen molar-refractivity contribution in [3.63, 3.8) is 0 Å². The van der Waals surface area contributed by atoms with Crippen molar-refractivity contribution in [2.45, 2.75) is 23.6 Å². The van der Waals surface area contributed by atoms with Gasteiger partial charge >= 0.3 is 0 Å². The van der Waals surface area contributed by atoms with E-state index in [1.807, 2.05) is 24.8 Å². The number of nitrogens with two attached hydrogens (primary N) is 1. The topological polar surface area (TPSA) is 26.0 Å². The Morgan fingerprint density at radius 2 is 1.89 bits per heavy atom. The first-order valence-corrected chi connectivity index (χ1v) is 7.66. The second kappa shape index (κ2) is 6.41. The monoisotopic (exact) mass is 321 g/mol. The van der Waals surface area contributed by atoms with E-state index < -0.39 is 0 Å². The zero-order valence-electron chi connectivity index (χ0n) is 10.3. The molecule has 2 N–H and O–H groups in total. The molecule has 3 heteroatoms. The molecule has 1 atom stereocenters. The fourth-order valence-electron chi connectivity index (χ4n) is 1.65. The molecule has 0 heterocycles. The van der Waals surface area contributed by atoms with Gasteiger partial charge in [0.25, 0.3) is 0 Å². The second-order valence-electron chi connectivity index (χ2n) is 4.25. The van der Waals surface area contributed by atoms with E-state index >= 15 is 0 Å². The first-order chi connectivity index (χ1) is 8.66. The Hall–Kier alpha value is -0.770. The molecule has 0 spiro atoms. The summed E-state index contributed by atoms with van der Waals surface area (Å²) in [4.78, 5) is 1.25. The van der Waals surface area contributed by atoms with Crippen LogP contribution in [0.4, 0.5) is 0 Å². The van der Waals surface area contributed by atoms with Gasteiger partial charge in [0.2, 0.25) is 0 Å². The number of hydrogen-bond acceptors (Lipinski definition) is 2. The molecule has 18 heavy (non-hydrogen) atoms. The average Bonchev–Trinajstić information content (AvgIpc) is 2.38. The Balaban J connectivity index is 2.06. The van der Waals surface area contributed by atoms with Gasteiger partial charge in [-0.15, -0.1) is 11.8 Å². The third kappa shape index (κ3) is 3.61. The molecule has 0 aliphatic heterocycles. The van der Waals surface area contributed by atoms with Crippen LogP contribution >= 0.6 is 27.7 Å². The van der Waals surface area contributed by atoms with Crippen LogP contribution in [-0.2, 0) is 5.75 Å². The van der Waals surface area contributed by atoms with Gasteiger partial charge < -0.3 is 5.73 Å². The minimum atomic E-state index is 0.0782. The van der Waals surface area contributed by atoms with Gasteiger partial charge in [0, 0.05) is 21.2 Å². The Morgan fingerprint density at radius 1 is 1.17 bits per heavy atom. The maximum Gasteiger partial charge on any atom is 0.0314 e. The number of halogens is 1. The van der Waals surface area contributed by atoms with Gasteiger partial charge in [0.1, 0.15) is 0 Å². The van der Waals surface area contributed by atoms with Crippen molar-refractivity contribution in [3.05, 3.63) is 64.1 Å². The lowest BCUT2D eigenvalue weighted by Crippen LogP contribution is -2.04. The molecule has 2 aromatic rings. The summed E-state index contributed by atoms with van der Waals surface area (Å²) in [6, 6.07) is 16.9. The highest BCUT2D eigenvalue weighted by Crippen LogP contribution is 2.31. The van der Waals surface area contributed by atoms with E-state index in [1.165, 1.54) is 10.5 Å². The number of hydrogen-bond donors (Lipinski definition) is 1. The molecule has 0 bridgehead atoms. The van der Waals surface area contributed by atoms with Gasteiger partial charge in [0.05, 0.1) is 0 Å². The zero-order chi connectivity index (χ0) is 13.0. The van der Waals surface area contributed by atoms with Crippen LogP contribution < -0.4 is 5.73 Å². The first-order valence-electron chi connectivity index (χ1n) is 5.88. The quantitative estimate of drug-likeness (QED) is 0.821. The highest BCUT2D eigenvalue weighted by atomic mass is 79.9. The molecule has 0 saturated carbocycles. The van der Waals surface area contributed by atoms with Crippen LogP contribution in [0.25, 0.3) is 0 Å². The molecule has 0 aliphatic carbocycles.